The van der Waals surface area contributed by atoms with Crippen molar-refractivity contribution in [3.8, 4) is 17.3 Å². The average Bonchev–Trinajstić information content (AvgIpc) is 2.81. The molecule has 1 aromatic carbocycles. The van der Waals surface area contributed by atoms with E-state index in [1.165, 1.54) is 0 Å². The van der Waals surface area contributed by atoms with E-state index in [0.29, 0.717) is 11.7 Å². The van der Waals surface area contributed by atoms with Gasteiger partial charge in [0.1, 0.15) is 0 Å². The molecule has 3 aromatic rings. The van der Waals surface area contributed by atoms with Crippen LogP contribution in [0.1, 0.15) is 11.4 Å². The first-order valence-electron chi connectivity index (χ1n) is 6.28. The van der Waals surface area contributed by atoms with Gasteiger partial charge in [0, 0.05) is 17.0 Å². The Morgan fingerprint density at radius 3 is 2.35 bits per heavy atom. The van der Waals surface area contributed by atoms with Crippen LogP contribution in [0.15, 0.2) is 47.0 Å². The number of hydrogen-bond acceptors (Lipinski definition) is 4. The minimum Gasteiger partial charge on any atom is -0.423 e. The van der Waals surface area contributed by atoms with Crippen LogP contribution >= 0.6 is 0 Å². The molecule has 0 saturated carbocycles. The number of benzene rings is 1. The molecule has 2 aromatic heterocycles. The van der Waals surface area contributed by atoms with E-state index in [1.54, 1.807) is 10.8 Å². The van der Waals surface area contributed by atoms with E-state index in [9.17, 15) is 0 Å². The quantitative estimate of drug-likeness (QED) is 0.775. The number of nitrogens with one attached hydrogen (secondary N) is 1. The van der Waals surface area contributed by atoms with Crippen LogP contribution in [0.4, 0.5) is 0 Å². The summed E-state index contributed by atoms with van der Waals surface area (Å²) in [6.07, 6.45) is 1.74. The Kier molecular flexibility index (Phi) is 2.95. The minimum absolute atomic E-state index is 0.00820. The molecule has 20 heavy (non-hydrogen) atoms. The third-order valence-corrected chi connectivity index (χ3v) is 2.92. The van der Waals surface area contributed by atoms with Gasteiger partial charge < -0.3 is 4.42 Å². The highest BCUT2D eigenvalue weighted by molar-refractivity contribution is 5.56. The van der Waals surface area contributed by atoms with E-state index in [1.807, 2.05) is 50.2 Å². The van der Waals surface area contributed by atoms with Crippen LogP contribution in [0.5, 0.6) is 0 Å². The van der Waals surface area contributed by atoms with Crippen molar-refractivity contribution < 1.29 is 4.42 Å². The zero-order chi connectivity index (χ0) is 14.1. The van der Waals surface area contributed by atoms with E-state index in [0.717, 1.165) is 17.0 Å². The van der Waals surface area contributed by atoms with Gasteiger partial charge in [0.05, 0.1) is 6.20 Å². The van der Waals surface area contributed by atoms with Gasteiger partial charge in [0.2, 0.25) is 5.95 Å². The fourth-order valence-corrected chi connectivity index (χ4v) is 2.06. The molecular weight excluding hydrogens is 252 g/mol. The molecule has 0 spiro atoms. The number of hydrogen-bond donors (Lipinski definition) is 1. The highest BCUT2D eigenvalue weighted by Crippen LogP contribution is 2.18. The molecule has 0 aliphatic rings. The number of oxazole rings is 1. The van der Waals surface area contributed by atoms with Crippen LogP contribution in [0.3, 0.4) is 0 Å². The lowest BCUT2D eigenvalue weighted by Crippen LogP contribution is -2.15. The van der Waals surface area contributed by atoms with Gasteiger partial charge in [-0.15, -0.1) is 0 Å². The molecule has 5 nitrogen and oxygen atoms in total. The molecule has 0 saturated heterocycles. The molecule has 100 valence electrons. The Morgan fingerprint density at radius 1 is 1.05 bits per heavy atom. The van der Waals surface area contributed by atoms with Gasteiger partial charge in [-0.05, 0) is 19.9 Å². The third kappa shape index (κ3) is 2.25. The summed E-state index contributed by atoms with van der Waals surface area (Å²) in [6, 6.07) is 11.6. The van der Waals surface area contributed by atoms with Gasteiger partial charge in [-0.25, -0.2) is 14.5 Å². The van der Waals surface area contributed by atoms with Crippen molar-refractivity contribution in [2.24, 2.45) is 0 Å². The Balaban J connectivity index is 2.12. The molecule has 5 heteroatoms. The molecule has 0 bridgehead atoms. The maximum atomic E-state index is 7.94. The first-order chi connectivity index (χ1) is 9.63. The summed E-state index contributed by atoms with van der Waals surface area (Å²) in [4.78, 5) is 8.69. The molecule has 3 rings (SSSR count). The minimum atomic E-state index is 0.00820. The molecule has 0 amide bonds. The summed E-state index contributed by atoms with van der Waals surface area (Å²) in [5, 5.41) is 7.94. The normalized spacial score (nSPS) is 10.7. The summed E-state index contributed by atoms with van der Waals surface area (Å²) >= 11 is 0. The molecule has 2 heterocycles. The monoisotopic (exact) mass is 266 g/mol. The number of aryl methyl sites for hydroxylation is 2. The average molecular weight is 266 g/mol. The third-order valence-electron chi connectivity index (χ3n) is 2.92. The van der Waals surface area contributed by atoms with Gasteiger partial charge in [0.15, 0.2) is 5.76 Å². The Morgan fingerprint density at radius 2 is 1.70 bits per heavy atom. The summed E-state index contributed by atoms with van der Waals surface area (Å²) in [5.41, 5.74) is 2.65. The molecule has 0 aliphatic carbocycles. The summed E-state index contributed by atoms with van der Waals surface area (Å²) < 4.78 is 7.03. The smallest absolute Gasteiger partial charge is 0.301 e. The largest absolute Gasteiger partial charge is 0.423 e. The van der Waals surface area contributed by atoms with E-state index in [2.05, 4.69) is 9.97 Å². The Bertz CT molecular complexity index is 782. The van der Waals surface area contributed by atoms with E-state index in [4.69, 9.17) is 9.83 Å². The predicted molar refractivity (Wildman–Crippen MR) is 74.4 cm³/mol. The second-order valence-corrected chi connectivity index (χ2v) is 4.59. The van der Waals surface area contributed by atoms with Crippen molar-refractivity contribution in [1.29, 1.82) is 5.41 Å². The van der Waals surface area contributed by atoms with Crippen molar-refractivity contribution >= 4 is 0 Å². The molecule has 0 unspecified atom stereocenters. The van der Waals surface area contributed by atoms with E-state index < -0.39 is 0 Å². The first-order valence-corrected chi connectivity index (χ1v) is 6.28. The van der Waals surface area contributed by atoms with Crippen LogP contribution in [-0.4, -0.2) is 14.5 Å². The Hall–Kier alpha value is -2.69. The van der Waals surface area contributed by atoms with Crippen molar-refractivity contribution in [3.63, 3.8) is 0 Å². The summed E-state index contributed by atoms with van der Waals surface area (Å²) in [5.74, 6) is 1.08. The predicted octanol–water partition coefficient (Wildman–Crippen LogP) is 2.62. The topological polar surface area (TPSA) is 67.7 Å². The van der Waals surface area contributed by atoms with Gasteiger partial charge >= 0.3 is 5.68 Å². The van der Waals surface area contributed by atoms with E-state index >= 15 is 0 Å². The lowest BCUT2D eigenvalue weighted by atomic mass is 10.2. The number of nitrogens with zero attached hydrogens (tertiary/aromatic N) is 3. The van der Waals surface area contributed by atoms with Gasteiger partial charge in [0.25, 0.3) is 0 Å². The van der Waals surface area contributed by atoms with Crippen LogP contribution in [-0.2, 0) is 0 Å². The van der Waals surface area contributed by atoms with Crippen LogP contribution < -0.4 is 5.68 Å². The molecule has 0 aliphatic heterocycles. The zero-order valence-corrected chi connectivity index (χ0v) is 11.3. The van der Waals surface area contributed by atoms with Crippen molar-refractivity contribution in [1.82, 2.24) is 14.5 Å². The molecule has 0 radical (unpaired) electrons. The first kappa shape index (κ1) is 12.3. The van der Waals surface area contributed by atoms with E-state index in [-0.39, 0.29) is 5.68 Å². The van der Waals surface area contributed by atoms with Crippen molar-refractivity contribution in [3.05, 3.63) is 59.7 Å². The second kappa shape index (κ2) is 4.77. The lowest BCUT2D eigenvalue weighted by Gasteiger charge is -2.01. The standard InChI is InChI=1S/C15H14N4O/c1-10-8-11(2)18-15(17-10)19-9-13(20-14(19)16)12-6-4-3-5-7-12/h3-9,16H,1-2H3. The molecular formula is C15H14N4O. The van der Waals surface area contributed by atoms with Crippen LogP contribution in [0.25, 0.3) is 17.3 Å². The van der Waals surface area contributed by atoms with Crippen molar-refractivity contribution in [2.45, 2.75) is 13.8 Å². The zero-order valence-electron chi connectivity index (χ0n) is 11.3. The second-order valence-electron chi connectivity index (χ2n) is 4.59. The molecule has 1 N–H and O–H groups in total. The fourth-order valence-electron chi connectivity index (χ4n) is 2.06. The maximum Gasteiger partial charge on any atom is 0.301 e. The molecule has 0 atom stereocenters. The molecule has 0 fully saturated rings. The summed E-state index contributed by atoms with van der Waals surface area (Å²) in [7, 11) is 0. The fraction of sp³-hybridized carbons (Fsp3) is 0.133. The van der Waals surface area contributed by atoms with Crippen molar-refractivity contribution in [2.75, 3.05) is 0 Å². The van der Waals surface area contributed by atoms with Gasteiger partial charge in [-0.2, -0.15) is 0 Å². The van der Waals surface area contributed by atoms with Crippen LogP contribution in [0, 0.1) is 19.3 Å². The SMILES string of the molecule is Cc1cc(C)nc(-n2cc(-c3ccccc3)oc2=N)n1. The highest BCUT2D eigenvalue weighted by atomic mass is 16.4. The maximum absolute atomic E-state index is 7.94. The lowest BCUT2D eigenvalue weighted by molar-refractivity contribution is 0.484. The van der Waals surface area contributed by atoms with Gasteiger partial charge in [-0.3, -0.25) is 5.41 Å². The summed E-state index contributed by atoms with van der Waals surface area (Å²) in [6.45, 7) is 3.81. The number of rotatable bonds is 2. The number of aromatic nitrogens is 3. The highest BCUT2D eigenvalue weighted by Gasteiger charge is 2.10. The Labute approximate surface area is 116 Å². The van der Waals surface area contributed by atoms with Crippen LogP contribution in [0.2, 0.25) is 0 Å². The van der Waals surface area contributed by atoms with Gasteiger partial charge in [-0.1, -0.05) is 30.3 Å².